The zero-order chi connectivity index (χ0) is 27.3. The van der Waals surface area contributed by atoms with Gasteiger partial charge in [0.15, 0.2) is 11.7 Å². The second kappa shape index (κ2) is 11.7. The molecule has 0 saturated carbocycles. The van der Waals surface area contributed by atoms with E-state index < -0.39 is 42.0 Å². The van der Waals surface area contributed by atoms with Crippen LogP contribution in [0.15, 0.2) is 38.5 Å². The molecule has 1 aromatic carbocycles. The summed E-state index contributed by atoms with van der Waals surface area (Å²) in [7, 11) is -3.72. The number of benzene rings is 1. The zero-order valence-corrected chi connectivity index (χ0v) is 22.1. The van der Waals surface area contributed by atoms with Gasteiger partial charge in [-0.15, -0.1) is 0 Å². The molecule has 198 valence electrons. The van der Waals surface area contributed by atoms with E-state index in [4.69, 9.17) is 20.4 Å². The van der Waals surface area contributed by atoms with Crippen molar-refractivity contribution in [1.82, 2.24) is 5.09 Å². The lowest BCUT2D eigenvalue weighted by Gasteiger charge is -2.33. The lowest BCUT2D eigenvalue weighted by atomic mass is 9.95. The maximum absolute atomic E-state index is 14.0. The lowest BCUT2D eigenvalue weighted by Crippen LogP contribution is -2.39. The predicted octanol–water partition coefficient (Wildman–Crippen LogP) is 3.16. The first kappa shape index (κ1) is 29.1. The number of carbonyl (C=O) groups is 2. The van der Waals surface area contributed by atoms with E-state index in [1.165, 1.54) is 19.1 Å². The van der Waals surface area contributed by atoms with E-state index in [9.17, 15) is 24.1 Å². The van der Waals surface area contributed by atoms with Crippen molar-refractivity contribution in [1.29, 1.82) is 0 Å². The molecule has 11 nitrogen and oxygen atoms in total. The smallest absolute Gasteiger partial charge is 0.336 e. The summed E-state index contributed by atoms with van der Waals surface area (Å²) in [5, 5.41) is 12.1. The lowest BCUT2D eigenvalue weighted by molar-refractivity contribution is -0.144. The molecule has 2 aromatic rings. The average molecular weight is 523 g/mol. The van der Waals surface area contributed by atoms with E-state index in [-0.39, 0.29) is 36.7 Å². The molecule has 12 heteroatoms. The minimum absolute atomic E-state index is 0.0857. The molecule has 0 aliphatic heterocycles. The fourth-order valence-electron chi connectivity index (χ4n) is 3.47. The van der Waals surface area contributed by atoms with Crippen molar-refractivity contribution in [2.24, 2.45) is 22.4 Å². The minimum Gasteiger partial charge on any atom is -0.481 e. The second-order valence-electron chi connectivity index (χ2n) is 9.73. The summed E-state index contributed by atoms with van der Waals surface area (Å²) in [5.41, 5.74) is 11.0. The molecule has 1 unspecified atom stereocenters. The highest BCUT2D eigenvalue weighted by molar-refractivity contribution is 7.59. The van der Waals surface area contributed by atoms with Crippen LogP contribution in [0.2, 0.25) is 0 Å². The van der Waals surface area contributed by atoms with E-state index in [0.29, 0.717) is 11.8 Å². The van der Waals surface area contributed by atoms with Gasteiger partial charge in [-0.25, -0.2) is 9.88 Å². The molecule has 1 heterocycles. The molecule has 1 aromatic heterocycles. The van der Waals surface area contributed by atoms with Gasteiger partial charge in [-0.3, -0.25) is 19.1 Å². The van der Waals surface area contributed by atoms with Gasteiger partial charge < -0.3 is 25.5 Å². The molecule has 36 heavy (non-hydrogen) atoms. The number of ketones is 1. The number of hydrogen-bond acceptors (Lipinski definition) is 7. The highest BCUT2D eigenvalue weighted by Crippen LogP contribution is 2.55. The van der Waals surface area contributed by atoms with Gasteiger partial charge in [0.05, 0.1) is 17.1 Å². The number of fused-ring (bicyclic) bond motifs is 1. The topological polar surface area (TPSA) is 187 Å². The number of rotatable bonds is 12. The van der Waals surface area contributed by atoms with Crippen molar-refractivity contribution >= 4 is 36.2 Å². The van der Waals surface area contributed by atoms with Gasteiger partial charge >= 0.3 is 19.1 Å². The van der Waals surface area contributed by atoms with Crippen molar-refractivity contribution in [3.05, 3.63) is 40.2 Å². The van der Waals surface area contributed by atoms with Crippen molar-refractivity contribution in [2.75, 3.05) is 6.54 Å². The summed E-state index contributed by atoms with van der Waals surface area (Å²) < 4.78 is 25.1. The van der Waals surface area contributed by atoms with Crippen molar-refractivity contribution in [3.8, 4) is 5.75 Å². The molecule has 2 rings (SSSR count). The van der Waals surface area contributed by atoms with Gasteiger partial charge in [0.25, 0.3) is 0 Å². The van der Waals surface area contributed by atoms with Crippen molar-refractivity contribution in [2.45, 2.75) is 65.1 Å². The maximum Gasteiger partial charge on any atom is 0.336 e. The first-order valence-electron chi connectivity index (χ1n) is 11.6. The summed E-state index contributed by atoms with van der Waals surface area (Å²) in [4.78, 5) is 40.1. The molecule has 3 atom stereocenters. The third-order valence-electron chi connectivity index (χ3n) is 5.69. The standard InChI is InChI=1S/C24H35N4O7P/c1-14-11-21(30)34-20-13-17(8-9-18(14)20)35-36(33,24(3,4)5)28-15(2)19(29)12-16(22(31)32)7-6-10-27-23(25)26/h8-9,11,13,15-16H,6-7,10,12H2,1-5H3,(H,28,33)(H,31,32)(H4,25,26,27)/t15-,16+,36?/m0/s1. The van der Waals surface area contributed by atoms with Crippen LogP contribution in [0.25, 0.3) is 11.0 Å². The van der Waals surface area contributed by atoms with Gasteiger partial charge in [-0.1, -0.05) is 0 Å². The van der Waals surface area contributed by atoms with Gasteiger partial charge in [0, 0.05) is 30.5 Å². The Morgan fingerprint density at radius 1 is 1.25 bits per heavy atom. The predicted molar refractivity (Wildman–Crippen MR) is 138 cm³/mol. The van der Waals surface area contributed by atoms with Gasteiger partial charge in [0.2, 0.25) is 0 Å². The molecule has 0 amide bonds. The van der Waals surface area contributed by atoms with E-state index in [1.54, 1.807) is 39.8 Å². The molecule has 6 N–H and O–H groups in total. The van der Waals surface area contributed by atoms with Crippen LogP contribution in [0.3, 0.4) is 0 Å². The molecule has 0 aliphatic rings. The zero-order valence-electron chi connectivity index (χ0n) is 21.2. The number of aliphatic imine (C=N–C) groups is 1. The van der Waals surface area contributed by atoms with Gasteiger partial charge in [-0.05, 0) is 65.2 Å². The number of guanidine groups is 1. The fourth-order valence-corrected chi connectivity index (χ4v) is 5.25. The number of carboxylic acid groups (broad SMARTS) is 1. The Balaban J connectivity index is 2.19. The first-order valence-corrected chi connectivity index (χ1v) is 13.2. The Labute approximate surface area is 209 Å². The van der Waals surface area contributed by atoms with E-state index in [1.807, 2.05) is 0 Å². The first-order chi connectivity index (χ1) is 16.6. The van der Waals surface area contributed by atoms with Gasteiger partial charge in [0.1, 0.15) is 11.3 Å². The average Bonchev–Trinajstić information content (AvgIpc) is 2.74. The number of aryl methyl sites for hydroxylation is 1. The van der Waals surface area contributed by atoms with Crippen molar-refractivity contribution in [3.63, 3.8) is 0 Å². The number of nitrogens with zero attached hydrogens (tertiary/aromatic N) is 1. The van der Waals surface area contributed by atoms with Crippen LogP contribution in [0.5, 0.6) is 5.75 Å². The Morgan fingerprint density at radius 2 is 1.92 bits per heavy atom. The Hall–Kier alpha value is -3.17. The van der Waals surface area contributed by atoms with Crippen LogP contribution in [0.1, 0.15) is 52.5 Å². The Kier molecular flexibility index (Phi) is 9.45. The largest absolute Gasteiger partial charge is 0.481 e. The quantitative estimate of drug-likeness (QED) is 0.106. The molecule has 0 radical (unpaired) electrons. The van der Waals surface area contributed by atoms with Gasteiger partial charge in [-0.2, -0.15) is 0 Å². The molecular formula is C24H35N4O7P. The molecule has 0 spiro atoms. The number of nitrogens with one attached hydrogen (secondary N) is 1. The summed E-state index contributed by atoms with van der Waals surface area (Å²) >= 11 is 0. The molecule has 0 fully saturated rings. The Bertz CT molecular complexity index is 1250. The number of carbonyl (C=O) groups excluding carboxylic acids is 1. The third-order valence-corrected chi connectivity index (χ3v) is 8.65. The number of nitrogens with two attached hydrogens (primary N) is 2. The third kappa shape index (κ3) is 7.66. The van der Waals surface area contributed by atoms with Crippen LogP contribution in [0, 0.1) is 12.8 Å². The number of carboxylic acids is 1. The number of Topliss-reactive ketones (excluding diaryl/α,β-unsaturated/α-hetero) is 1. The van der Waals surface area contributed by atoms with E-state index in [0.717, 1.165) is 5.56 Å². The van der Waals surface area contributed by atoms with E-state index >= 15 is 0 Å². The molecule has 0 bridgehead atoms. The van der Waals surface area contributed by atoms with Crippen LogP contribution in [-0.4, -0.2) is 40.6 Å². The monoisotopic (exact) mass is 522 g/mol. The minimum atomic E-state index is -3.72. The maximum atomic E-state index is 14.0. The summed E-state index contributed by atoms with van der Waals surface area (Å²) in [6, 6.07) is 5.22. The molecule has 0 aliphatic carbocycles. The highest BCUT2D eigenvalue weighted by atomic mass is 31.2. The summed E-state index contributed by atoms with van der Waals surface area (Å²) in [6.45, 7) is 8.66. The SMILES string of the molecule is Cc1cc(=O)oc2cc(OP(=O)(N[C@@H](C)C(=O)C[C@@H](CCCN=C(N)N)C(=O)O)C(C)(C)C)ccc12. The summed E-state index contributed by atoms with van der Waals surface area (Å²) in [6.07, 6.45) is 0.348. The summed E-state index contributed by atoms with van der Waals surface area (Å²) in [5.74, 6) is -2.35. The van der Waals surface area contributed by atoms with Crippen LogP contribution < -0.4 is 26.7 Å². The number of aliphatic carboxylic acids is 1. The van der Waals surface area contributed by atoms with Crippen molar-refractivity contribution < 1.29 is 28.2 Å². The molecule has 0 saturated heterocycles. The Morgan fingerprint density at radius 3 is 2.50 bits per heavy atom. The van der Waals surface area contributed by atoms with Crippen LogP contribution in [-0.2, 0) is 14.2 Å². The fraction of sp³-hybridized carbons (Fsp3) is 0.500. The molecular weight excluding hydrogens is 487 g/mol. The highest BCUT2D eigenvalue weighted by Gasteiger charge is 2.42. The number of hydrogen-bond donors (Lipinski definition) is 4. The van der Waals surface area contributed by atoms with Crippen LogP contribution >= 0.6 is 7.52 Å². The second-order valence-corrected chi connectivity index (χ2v) is 12.6. The normalized spacial score (nSPS) is 15.0. The van der Waals surface area contributed by atoms with E-state index in [2.05, 4.69) is 10.1 Å². The van der Waals surface area contributed by atoms with Crippen LogP contribution in [0.4, 0.5) is 0 Å².